The normalized spacial score (nSPS) is 36.1. The van der Waals surface area contributed by atoms with E-state index in [0.29, 0.717) is 11.5 Å². The lowest BCUT2D eigenvalue weighted by Gasteiger charge is -2.24. The highest BCUT2D eigenvalue weighted by Crippen LogP contribution is 2.37. The van der Waals surface area contributed by atoms with Gasteiger partial charge in [0.25, 0.3) is 0 Å². The van der Waals surface area contributed by atoms with Crippen molar-refractivity contribution in [2.75, 3.05) is 0 Å². The molecule has 2 aliphatic carbocycles. The van der Waals surface area contributed by atoms with Crippen molar-refractivity contribution in [3.63, 3.8) is 0 Å². The zero-order chi connectivity index (χ0) is 13.2. The van der Waals surface area contributed by atoms with Crippen molar-refractivity contribution in [3.8, 4) is 0 Å². The Labute approximate surface area is 111 Å². The largest absolute Gasteiger partial charge is 0.353 e. The maximum Gasteiger partial charge on any atom is 0.224 e. The monoisotopic (exact) mass is 252 g/mol. The van der Waals surface area contributed by atoms with Crippen molar-refractivity contribution in [2.24, 2.45) is 17.1 Å². The fourth-order valence-corrected chi connectivity index (χ4v) is 3.53. The van der Waals surface area contributed by atoms with E-state index >= 15 is 0 Å². The van der Waals surface area contributed by atoms with Gasteiger partial charge in [0.1, 0.15) is 0 Å². The van der Waals surface area contributed by atoms with E-state index in [1.165, 1.54) is 19.3 Å². The van der Waals surface area contributed by atoms with E-state index in [4.69, 9.17) is 5.73 Å². The molecule has 0 spiro atoms. The molecule has 2 aliphatic rings. The van der Waals surface area contributed by atoms with Crippen LogP contribution in [0.15, 0.2) is 0 Å². The third-order valence-corrected chi connectivity index (χ3v) is 4.72. The maximum absolute atomic E-state index is 12.3. The first-order valence-corrected chi connectivity index (χ1v) is 7.54. The van der Waals surface area contributed by atoms with Gasteiger partial charge in [-0.25, -0.2) is 0 Å². The Kier molecular flexibility index (Phi) is 4.31. The highest BCUT2D eigenvalue weighted by Gasteiger charge is 2.34. The molecule has 0 saturated heterocycles. The molecule has 3 nitrogen and oxygen atoms in total. The summed E-state index contributed by atoms with van der Waals surface area (Å²) in [4.78, 5) is 12.3. The van der Waals surface area contributed by atoms with Gasteiger partial charge in [0.2, 0.25) is 5.91 Å². The quantitative estimate of drug-likeness (QED) is 0.742. The first-order valence-electron chi connectivity index (χ1n) is 7.54. The molecular formula is C15H28N2O. The van der Waals surface area contributed by atoms with Gasteiger partial charge in [0.05, 0.1) is 5.92 Å². The number of carbonyl (C=O) groups is 1. The van der Waals surface area contributed by atoms with Crippen molar-refractivity contribution < 1.29 is 4.79 Å². The van der Waals surface area contributed by atoms with Gasteiger partial charge in [-0.2, -0.15) is 0 Å². The molecule has 3 N–H and O–H groups in total. The summed E-state index contributed by atoms with van der Waals surface area (Å²) in [5, 5.41) is 3.24. The predicted octanol–water partition coefficient (Wildman–Crippen LogP) is 2.59. The fourth-order valence-electron chi connectivity index (χ4n) is 3.53. The van der Waals surface area contributed by atoms with Gasteiger partial charge in [-0.05, 0) is 37.5 Å². The number of hydrogen-bond donors (Lipinski definition) is 2. The molecule has 0 radical (unpaired) electrons. The van der Waals surface area contributed by atoms with Crippen LogP contribution in [-0.4, -0.2) is 18.0 Å². The average molecular weight is 252 g/mol. The molecule has 2 fully saturated rings. The molecule has 0 aromatic carbocycles. The molecule has 1 amide bonds. The molecule has 104 valence electrons. The van der Waals surface area contributed by atoms with Crippen molar-refractivity contribution in [3.05, 3.63) is 0 Å². The van der Waals surface area contributed by atoms with Crippen molar-refractivity contribution in [1.82, 2.24) is 5.32 Å². The number of nitrogens with one attached hydrogen (secondary N) is 1. The molecule has 0 aromatic heterocycles. The van der Waals surface area contributed by atoms with Crippen LogP contribution in [0.5, 0.6) is 0 Å². The van der Waals surface area contributed by atoms with E-state index in [2.05, 4.69) is 19.2 Å². The molecule has 3 heteroatoms. The van der Waals surface area contributed by atoms with Crippen LogP contribution in [0.1, 0.15) is 65.2 Å². The molecule has 0 aromatic rings. The van der Waals surface area contributed by atoms with Crippen LogP contribution in [-0.2, 0) is 4.79 Å². The summed E-state index contributed by atoms with van der Waals surface area (Å²) in [5.74, 6) is 0.267. The zero-order valence-electron chi connectivity index (χ0n) is 11.9. The Bertz CT molecular complexity index is 301. The smallest absolute Gasteiger partial charge is 0.224 e. The molecule has 0 aliphatic heterocycles. The first kappa shape index (κ1) is 13.9. The Morgan fingerprint density at radius 2 is 1.89 bits per heavy atom. The topological polar surface area (TPSA) is 55.1 Å². The minimum absolute atomic E-state index is 0.0520. The number of nitrogens with two attached hydrogens (primary N) is 1. The zero-order valence-corrected chi connectivity index (χ0v) is 11.9. The van der Waals surface area contributed by atoms with E-state index in [-0.39, 0.29) is 17.9 Å². The van der Waals surface area contributed by atoms with Gasteiger partial charge >= 0.3 is 0 Å². The van der Waals surface area contributed by atoms with Crippen molar-refractivity contribution >= 4 is 5.91 Å². The summed E-state index contributed by atoms with van der Waals surface area (Å²) in [7, 11) is 0. The minimum atomic E-state index is 0.0520. The van der Waals surface area contributed by atoms with E-state index in [1.807, 2.05) is 0 Å². The summed E-state index contributed by atoms with van der Waals surface area (Å²) in [6, 6.07) is 0.449. The van der Waals surface area contributed by atoms with Crippen LogP contribution in [0.4, 0.5) is 0 Å². The van der Waals surface area contributed by atoms with Gasteiger partial charge in [-0.1, -0.05) is 33.1 Å². The summed E-state index contributed by atoms with van der Waals surface area (Å²) >= 11 is 0. The van der Waals surface area contributed by atoms with Gasteiger partial charge < -0.3 is 11.1 Å². The molecule has 18 heavy (non-hydrogen) atoms. The number of rotatable bonds is 2. The summed E-state index contributed by atoms with van der Waals surface area (Å²) < 4.78 is 0. The van der Waals surface area contributed by atoms with Crippen LogP contribution in [0.2, 0.25) is 0 Å². The maximum atomic E-state index is 12.3. The third-order valence-electron chi connectivity index (χ3n) is 4.72. The van der Waals surface area contributed by atoms with Crippen LogP contribution >= 0.6 is 0 Å². The summed E-state index contributed by atoms with van der Waals surface area (Å²) in [6.07, 6.45) is 9.00. The molecule has 3 unspecified atom stereocenters. The lowest BCUT2D eigenvalue weighted by Crippen LogP contribution is -2.44. The standard InChI is InChI=1S/C15H28N2O/c1-15(2)9-8-11(10-15)17-14(18)12-6-4-3-5-7-13(12)16/h11-13H,3-10,16H2,1-2H3,(H,17,18). The summed E-state index contributed by atoms with van der Waals surface area (Å²) in [6.45, 7) is 4.58. The van der Waals surface area contributed by atoms with Gasteiger partial charge in [-0.15, -0.1) is 0 Å². The van der Waals surface area contributed by atoms with Crippen LogP contribution in [0.3, 0.4) is 0 Å². The predicted molar refractivity (Wildman–Crippen MR) is 74.1 cm³/mol. The second kappa shape index (κ2) is 5.60. The Hall–Kier alpha value is -0.570. The van der Waals surface area contributed by atoms with Gasteiger partial charge in [0.15, 0.2) is 0 Å². The Morgan fingerprint density at radius 1 is 1.17 bits per heavy atom. The summed E-state index contributed by atoms with van der Waals surface area (Å²) in [5.41, 5.74) is 6.54. The molecular weight excluding hydrogens is 224 g/mol. The van der Waals surface area contributed by atoms with E-state index in [9.17, 15) is 4.79 Å². The number of amides is 1. The fraction of sp³-hybridized carbons (Fsp3) is 0.933. The van der Waals surface area contributed by atoms with Gasteiger partial charge in [-0.3, -0.25) is 4.79 Å². The van der Waals surface area contributed by atoms with Crippen molar-refractivity contribution in [1.29, 1.82) is 0 Å². The van der Waals surface area contributed by atoms with Crippen LogP contribution in [0, 0.1) is 11.3 Å². The minimum Gasteiger partial charge on any atom is -0.353 e. The SMILES string of the molecule is CC1(C)CCC(NC(=O)C2CCCCCC2N)C1. The molecule has 3 atom stereocenters. The van der Waals surface area contributed by atoms with Gasteiger partial charge in [0, 0.05) is 12.1 Å². The molecule has 0 bridgehead atoms. The molecule has 2 rings (SSSR count). The lowest BCUT2D eigenvalue weighted by atomic mass is 9.91. The van der Waals surface area contributed by atoms with E-state index in [1.54, 1.807) is 0 Å². The van der Waals surface area contributed by atoms with E-state index < -0.39 is 0 Å². The van der Waals surface area contributed by atoms with Crippen LogP contribution in [0.25, 0.3) is 0 Å². The van der Waals surface area contributed by atoms with Crippen molar-refractivity contribution in [2.45, 2.75) is 77.3 Å². The molecule has 2 saturated carbocycles. The highest BCUT2D eigenvalue weighted by molar-refractivity contribution is 5.79. The second-order valence-electron chi connectivity index (χ2n) is 7.02. The Morgan fingerprint density at radius 3 is 2.56 bits per heavy atom. The lowest BCUT2D eigenvalue weighted by molar-refractivity contribution is -0.126. The Balaban J connectivity index is 1.87. The first-order chi connectivity index (χ1) is 8.48. The number of hydrogen-bond acceptors (Lipinski definition) is 2. The molecule has 0 heterocycles. The van der Waals surface area contributed by atoms with E-state index in [0.717, 1.165) is 32.1 Å². The second-order valence-corrected chi connectivity index (χ2v) is 7.02. The number of carbonyl (C=O) groups excluding carboxylic acids is 1. The average Bonchev–Trinajstić information content (AvgIpc) is 2.49. The third kappa shape index (κ3) is 3.47. The highest BCUT2D eigenvalue weighted by atomic mass is 16.2. The van der Waals surface area contributed by atoms with Crippen LogP contribution < -0.4 is 11.1 Å².